The van der Waals surface area contributed by atoms with Crippen LogP contribution in [0.1, 0.15) is 26.2 Å². The normalized spacial score (nSPS) is 38.6. The summed E-state index contributed by atoms with van der Waals surface area (Å²) in [5, 5.41) is 3.42. The first kappa shape index (κ1) is 8.05. The average Bonchev–Trinajstić information content (AvgIpc) is 2.64. The summed E-state index contributed by atoms with van der Waals surface area (Å²) in [6.07, 6.45) is 3.37. The molecular weight excluding hydrogens is 154 g/mol. The van der Waals surface area contributed by atoms with Crippen LogP contribution in [0.25, 0.3) is 0 Å². The Hall–Kier alpha value is -0.570. The van der Waals surface area contributed by atoms with Crippen LogP contribution in [0.4, 0.5) is 0 Å². The number of carbonyl (C=O) groups is 1. The molecule has 68 valence electrons. The first-order valence-electron chi connectivity index (χ1n) is 4.74. The monoisotopic (exact) mass is 169 g/mol. The molecule has 3 nitrogen and oxygen atoms in total. The SMILES string of the molecule is CCOC(=O)[C@@H]1C[C@@H]2CC[C@H]1N2. The number of esters is 1. The second-order valence-corrected chi connectivity index (χ2v) is 3.64. The summed E-state index contributed by atoms with van der Waals surface area (Å²) >= 11 is 0. The average molecular weight is 169 g/mol. The Morgan fingerprint density at radius 2 is 2.42 bits per heavy atom. The van der Waals surface area contributed by atoms with Gasteiger partial charge in [-0.2, -0.15) is 0 Å². The Morgan fingerprint density at radius 3 is 2.92 bits per heavy atom. The number of fused-ring (bicyclic) bond motifs is 2. The second-order valence-electron chi connectivity index (χ2n) is 3.64. The van der Waals surface area contributed by atoms with Crippen molar-refractivity contribution in [3.05, 3.63) is 0 Å². The highest BCUT2D eigenvalue weighted by Gasteiger charge is 2.43. The first-order chi connectivity index (χ1) is 5.81. The highest BCUT2D eigenvalue weighted by Crippen LogP contribution is 2.33. The molecule has 0 radical (unpaired) electrons. The Balaban J connectivity index is 1.93. The van der Waals surface area contributed by atoms with Crippen molar-refractivity contribution in [1.29, 1.82) is 0 Å². The third kappa shape index (κ3) is 1.22. The molecule has 2 bridgehead atoms. The summed E-state index contributed by atoms with van der Waals surface area (Å²) in [7, 11) is 0. The minimum Gasteiger partial charge on any atom is -0.466 e. The van der Waals surface area contributed by atoms with Gasteiger partial charge in [0.2, 0.25) is 0 Å². The van der Waals surface area contributed by atoms with Crippen molar-refractivity contribution in [3.63, 3.8) is 0 Å². The third-order valence-corrected chi connectivity index (χ3v) is 2.89. The van der Waals surface area contributed by atoms with E-state index in [1.807, 2.05) is 6.92 Å². The maximum absolute atomic E-state index is 11.4. The minimum atomic E-state index is -0.00259. The van der Waals surface area contributed by atoms with Gasteiger partial charge < -0.3 is 10.1 Å². The van der Waals surface area contributed by atoms with Crippen LogP contribution in [0.5, 0.6) is 0 Å². The van der Waals surface area contributed by atoms with E-state index in [0.717, 1.165) is 12.8 Å². The molecule has 2 fully saturated rings. The molecule has 0 spiro atoms. The lowest BCUT2D eigenvalue weighted by Crippen LogP contribution is -2.30. The molecule has 2 saturated heterocycles. The van der Waals surface area contributed by atoms with E-state index in [0.29, 0.717) is 18.7 Å². The van der Waals surface area contributed by atoms with Crippen molar-refractivity contribution in [2.24, 2.45) is 5.92 Å². The van der Waals surface area contributed by atoms with Crippen LogP contribution < -0.4 is 5.32 Å². The first-order valence-corrected chi connectivity index (χ1v) is 4.74. The summed E-state index contributed by atoms with van der Waals surface area (Å²) in [6.45, 7) is 2.37. The van der Waals surface area contributed by atoms with Crippen molar-refractivity contribution in [2.45, 2.75) is 38.3 Å². The summed E-state index contributed by atoms with van der Waals surface area (Å²) in [5.74, 6) is 0.140. The zero-order chi connectivity index (χ0) is 8.55. The number of rotatable bonds is 2. The summed E-state index contributed by atoms with van der Waals surface area (Å²) < 4.78 is 5.00. The fraction of sp³-hybridized carbons (Fsp3) is 0.889. The molecule has 0 unspecified atom stereocenters. The Morgan fingerprint density at radius 1 is 1.58 bits per heavy atom. The molecule has 0 aromatic heterocycles. The Bertz CT molecular complexity index is 193. The van der Waals surface area contributed by atoms with Crippen LogP contribution in [0, 0.1) is 5.92 Å². The predicted octanol–water partition coefficient (Wildman–Crippen LogP) is 0.690. The largest absolute Gasteiger partial charge is 0.466 e. The van der Waals surface area contributed by atoms with Crippen molar-refractivity contribution in [2.75, 3.05) is 6.61 Å². The molecule has 12 heavy (non-hydrogen) atoms. The van der Waals surface area contributed by atoms with Crippen molar-refractivity contribution in [1.82, 2.24) is 5.32 Å². The maximum Gasteiger partial charge on any atom is 0.310 e. The summed E-state index contributed by atoms with van der Waals surface area (Å²) in [4.78, 5) is 11.4. The van der Waals surface area contributed by atoms with Gasteiger partial charge in [-0.05, 0) is 26.2 Å². The van der Waals surface area contributed by atoms with Gasteiger partial charge >= 0.3 is 5.97 Å². The smallest absolute Gasteiger partial charge is 0.310 e. The van der Waals surface area contributed by atoms with E-state index in [9.17, 15) is 4.79 Å². The quantitative estimate of drug-likeness (QED) is 0.618. The molecule has 3 heteroatoms. The van der Waals surface area contributed by atoms with Crippen LogP contribution >= 0.6 is 0 Å². The Labute approximate surface area is 72.5 Å². The van der Waals surface area contributed by atoms with Crippen molar-refractivity contribution >= 4 is 5.97 Å². The number of hydrogen-bond donors (Lipinski definition) is 1. The van der Waals surface area contributed by atoms with Gasteiger partial charge in [-0.1, -0.05) is 0 Å². The molecule has 2 aliphatic heterocycles. The molecule has 0 aromatic rings. The number of hydrogen-bond acceptors (Lipinski definition) is 3. The van der Waals surface area contributed by atoms with E-state index < -0.39 is 0 Å². The van der Waals surface area contributed by atoms with Gasteiger partial charge in [0.1, 0.15) is 0 Å². The molecule has 2 heterocycles. The van der Waals surface area contributed by atoms with Crippen molar-refractivity contribution in [3.8, 4) is 0 Å². The fourth-order valence-corrected chi connectivity index (χ4v) is 2.33. The maximum atomic E-state index is 11.4. The van der Waals surface area contributed by atoms with Gasteiger partial charge in [0.05, 0.1) is 12.5 Å². The summed E-state index contributed by atoms with van der Waals surface area (Å²) in [6, 6.07) is 0.999. The minimum absolute atomic E-state index is 0.00259. The highest BCUT2D eigenvalue weighted by molar-refractivity contribution is 5.74. The molecule has 3 atom stereocenters. The van der Waals surface area contributed by atoms with Crippen LogP contribution in [0.3, 0.4) is 0 Å². The van der Waals surface area contributed by atoms with Gasteiger partial charge in [0.15, 0.2) is 0 Å². The number of nitrogens with one attached hydrogen (secondary N) is 1. The zero-order valence-electron chi connectivity index (χ0n) is 7.38. The lowest BCUT2D eigenvalue weighted by atomic mass is 9.89. The van der Waals surface area contributed by atoms with Gasteiger partial charge in [-0.25, -0.2) is 0 Å². The zero-order valence-corrected chi connectivity index (χ0v) is 7.38. The second kappa shape index (κ2) is 3.05. The predicted molar refractivity (Wildman–Crippen MR) is 44.7 cm³/mol. The van der Waals surface area contributed by atoms with Crippen LogP contribution in [0.2, 0.25) is 0 Å². The van der Waals surface area contributed by atoms with E-state index >= 15 is 0 Å². The lowest BCUT2D eigenvalue weighted by molar-refractivity contribution is -0.148. The Kier molecular flexibility index (Phi) is 2.05. The number of carbonyl (C=O) groups excluding carboxylic acids is 1. The molecule has 2 rings (SSSR count). The summed E-state index contributed by atoms with van der Waals surface area (Å²) in [5.41, 5.74) is 0. The highest BCUT2D eigenvalue weighted by atomic mass is 16.5. The van der Waals surface area contributed by atoms with E-state index in [1.54, 1.807) is 0 Å². The van der Waals surface area contributed by atoms with E-state index in [-0.39, 0.29) is 11.9 Å². The number of ether oxygens (including phenoxy) is 1. The molecule has 1 N–H and O–H groups in total. The van der Waals surface area contributed by atoms with Gasteiger partial charge in [-0.15, -0.1) is 0 Å². The van der Waals surface area contributed by atoms with E-state index in [1.165, 1.54) is 6.42 Å². The van der Waals surface area contributed by atoms with Crippen molar-refractivity contribution < 1.29 is 9.53 Å². The van der Waals surface area contributed by atoms with E-state index in [4.69, 9.17) is 4.74 Å². The molecular formula is C9H15NO2. The van der Waals surface area contributed by atoms with Crippen LogP contribution in [0.15, 0.2) is 0 Å². The standard InChI is InChI=1S/C9H15NO2/c1-2-12-9(11)7-5-6-3-4-8(7)10-6/h6-8,10H,2-5H2,1H3/t6-,7+,8+/m0/s1. The lowest BCUT2D eigenvalue weighted by Gasteiger charge is -2.17. The van der Waals surface area contributed by atoms with Gasteiger partial charge in [0, 0.05) is 12.1 Å². The molecule has 2 aliphatic rings. The van der Waals surface area contributed by atoms with Gasteiger partial charge in [-0.3, -0.25) is 4.79 Å². The molecule has 0 amide bonds. The van der Waals surface area contributed by atoms with Crippen LogP contribution in [-0.2, 0) is 9.53 Å². The van der Waals surface area contributed by atoms with E-state index in [2.05, 4.69) is 5.32 Å². The van der Waals surface area contributed by atoms with Crippen LogP contribution in [-0.4, -0.2) is 24.7 Å². The molecule has 0 aliphatic carbocycles. The van der Waals surface area contributed by atoms with Gasteiger partial charge in [0.25, 0.3) is 0 Å². The molecule has 0 saturated carbocycles. The molecule has 0 aromatic carbocycles. The topological polar surface area (TPSA) is 38.3 Å². The fourth-order valence-electron chi connectivity index (χ4n) is 2.33. The third-order valence-electron chi connectivity index (χ3n) is 2.89.